The Morgan fingerprint density at radius 3 is 3.05 bits per heavy atom. The van der Waals surface area contributed by atoms with E-state index in [4.69, 9.17) is 0 Å². The number of hydrogen-bond acceptors (Lipinski definition) is 5. The Labute approximate surface area is 135 Å². The number of nitrogens with zero attached hydrogens (tertiary/aromatic N) is 4. The van der Waals surface area contributed by atoms with E-state index in [1.54, 1.807) is 6.33 Å². The highest BCUT2D eigenvalue weighted by molar-refractivity contribution is 9.10. The minimum atomic E-state index is 0.490. The first-order chi connectivity index (χ1) is 10.2. The van der Waals surface area contributed by atoms with Gasteiger partial charge in [-0.2, -0.15) is 0 Å². The fourth-order valence-corrected chi connectivity index (χ4v) is 3.98. The molecule has 6 heteroatoms. The second kappa shape index (κ2) is 6.48. The molecule has 1 aromatic heterocycles. The third-order valence-corrected chi connectivity index (χ3v) is 5.25. The van der Waals surface area contributed by atoms with E-state index in [1.807, 2.05) is 0 Å². The van der Waals surface area contributed by atoms with Gasteiger partial charge in [-0.15, -0.1) is 0 Å². The van der Waals surface area contributed by atoms with Crippen molar-refractivity contribution >= 4 is 27.6 Å². The van der Waals surface area contributed by atoms with Gasteiger partial charge in [0, 0.05) is 31.7 Å². The second-order valence-corrected chi connectivity index (χ2v) is 6.87. The number of aromatic nitrogens is 2. The van der Waals surface area contributed by atoms with Gasteiger partial charge in [-0.3, -0.25) is 4.90 Å². The normalized spacial score (nSPS) is 26.0. The standard InChI is InChI=1S/C15H24BrN5/c1-3-6-17-14-13(16)15(19-10-18-14)21-9-12-5-4-7-20(12)8-11(21)2/h10-12H,3-9H2,1-2H3,(H,17,18,19). The smallest absolute Gasteiger partial charge is 0.148 e. The van der Waals surface area contributed by atoms with Crippen LogP contribution in [0.2, 0.25) is 0 Å². The summed E-state index contributed by atoms with van der Waals surface area (Å²) < 4.78 is 0.997. The summed E-state index contributed by atoms with van der Waals surface area (Å²) in [4.78, 5) is 14.0. The fourth-order valence-electron chi connectivity index (χ4n) is 3.41. The van der Waals surface area contributed by atoms with Crippen LogP contribution in [0.3, 0.4) is 0 Å². The van der Waals surface area contributed by atoms with Gasteiger partial charge in [-0.05, 0) is 48.7 Å². The number of halogens is 1. The summed E-state index contributed by atoms with van der Waals surface area (Å²) in [5, 5.41) is 3.37. The van der Waals surface area contributed by atoms with Gasteiger partial charge >= 0.3 is 0 Å². The number of hydrogen-bond donors (Lipinski definition) is 1. The van der Waals surface area contributed by atoms with E-state index < -0.39 is 0 Å². The van der Waals surface area contributed by atoms with E-state index in [0.717, 1.165) is 42.2 Å². The SMILES string of the molecule is CCCNc1ncnc(N2CC3CCCN3CC2C)c1Br. The quantitative estimate of drug-likeness (QED) is 0.901. The number of fused-ring (bicyclic) bond motifs is 1. The molecule has 0 radical (unpaired) electrons. The van der Waals surface area contributed by atoms with Crippen LogP contribution in [-0.4, -0.2) is 53.1 Å². The molecule has 3 heterocycles. The van der Waals surface area contributed by atoms with E-state index in [1.165, 1.54) is 19.4 Å². The first-order valence-corrected chi connectivity index (χ1v) is 8.75. The summed E-state index contributed by atoms with van der Waals surface area (Å²) in [7, 11) is 0. The minimum absolute atomic E-state index is 0.490. The summed E-state index contributed by atoms with van der Waals surface area (Å²) in [5.41, 5.74) is 0. The van der Waals surface area contributed by atoms with Crippen LogP contribution in [0.25, 0.3) is 0 Å². The Bertz CT molecular complexity index is 495. The first kappa shape index (κ1) is 15.0. The van der Waals surface area contributed by atoms with Crippen LogP contribution in [0, 0.1) is 0 Å². The fraction of sp³-hybridized carbons (Fsp3) is 0.733. The Balaban J connectivity index is 1.82. The maximum absolute atomic E-state index is 4.54. The molecular formula is C15H24BrN5. The molecule has 0 saturated carbocycles. The summed E-state index contributed by atoms with van der Waals surface area (Å²) in [5.74, 6) is 1.94. The van der Waals surface area contributed by atoms with Crippen LogP contribution in [0.4, 0.5) is 11.6 Å². The van der Waals surface area contributed by atoms with E-state index in [-0.39, 0.29) is 0 Å². The van der Waals surface area contributed by atoms with Gasteiger partial charge in [0.1, 0.15) is 22.4 Å². The van der Waals surface area contributed by atoms with E-state index in [2.05, 4.69) is 54.9 Å². The zero-order chi connectivity index (χ0) is 14.8. The van der Waals surface area contributed by atoms with Gasteiger partial charge < -0.3 is 10.2 Å². The molecule has 2 aliphatic rings. The topological polar surface area (TPSA) is 44.3 Å². The zero-order valence-electron chi connectivity index (χ0n) is 12.8. The Morgan fingerprint density at radius 1 is 1.38 bits per heavy atom. The van der Waals surface area contributed by atoms with Crippen molar-refractivity contribution < 1.29 is 0 Å². The van der Waals surface area contributed by atoms with Gasteiger partial charge in [0.05, 0.1) is 0 Å². The van der Waals surface area contributed by atoms with Crippen LogP contribution in [-0.2, 0) is 0 Å². The molecule has 1 aromatic rings. The summed E-state index contributed by atoms with van der Waals surface area (Å²) in [6.45, 7) is 8.85. The molecule has 0 bridgehead atoms. The highest BCUT2D eigenvalue weighted by atomic mass is 79.9. The predicted molar refractivity (Wildman–Crippen MR) is 89.9 cm³/mol. The molecule has 2 atom stereocenters. The minimum Gasteiger partial charge on any atom is -0.369 e. The maximum atomic E-state index is 4.54. The average molecular weight is 354 g/mol. The average Bonchev–Trinajstić information content (AvgIpc) is 2.92. The molecule has 0 aromatic carbocycles. The number of rotatable bonds is 4. The molecule has 116 valence electrons. The number of piperazine rings is 1. The molecule has 3 rings (SSSR count). The van der Waals surface area contributed by atoms with Gasteiger partial charge in [0.2, 0.25) is 0 Å². The molecule has 21 heavy (non-hydrogen) atoms. The molecule has 0 spiro atoms. The number of nitrogens with one attached hydrogen (secondary N) is 1. The molecule has 1 N–H and O–H groups in total. The van der Waals surface area contributed by atoms with Crippen molar-refractivity contribution in [3.63, 3.8) is 0 Å². The van der Waals surface area contributed by atoms with Crippen LogP contribution in [0.15, 0.2) is 10.8 Å². The Kier molecular flexibility index (Phi) is 4.64. The lowest BCUT2D eigenvalue weighted by atomic mass is 10.1. The molecule has 5 nitrogen and oxygen atoms in total. The van der Waals surface area contributed by atoms with Crippen molar-refractivity contribution in [1.29, 1.82) is 0 Å². The van der Waals surface area contributed by atoms with Gasteiger partial charge in [0.25, 0.3) is 0 Å². The third kappa shape index (κ3) is 3.01. The Hall–Kier alpha value is -0.880. The number of anilines is 2. The second-order valence-electron chi connectivity index (χ2n) is 6.08. The van der Waals surface area contributed by atoms with Crippen LogP contribution in [0.1, 0.15) is 33.1 Å². The van der Waals surface area contributed by atoms with Crippen molar-refractivity contribution in [1.82, 2.24) is 14.9 Å². The van der Waals surface area contributed by atoms with Crippen molar-refractivity contribution in [3.05, 3.63) is 10.8 Å². The molecule has 2 unspecified atom stereocenters. The monoisotopic (exact) mass is 353 g/mol. The van der Waals surface area contributed by atoms with E-state index in [9.17, 15) is 0 Å². The van der Waals surface area contributed by atoms with Gasteiger partial charge in [-0.1, -0.05) is 6.92 Å². The Morgan fingerprint density at radius 2 is 2.24 bits per heavy atom. The van der Waals surface area contributed by atoms with Gasteiger partial charge in [-0.25, -0.2) is 9.97 Å². The summed E-state index contributed by atoms with van der Waals surface area (Å²) in [6.07, 6.45) is 5.40. The molecular weight excluding hydrogens is 330 g/mol. The van der Waals surface area contributed by atoms with Crippen LogP contribution in [0.5, 0.6) is 0 Å². The van der Waals surface area contributed by atoms with Crippen molar-refractivity contribution in [2.45, 2.75) is 45.2 Å². The summed E-state index contributed by atoms with van der Waals surface area (Å²) in [6, 6.07) is 1.18. The van der Waals surface area contributed by atoms with Crippen molar-refractivity contribution in [2.75, 3.05) is 36.4 Å². The third-order valence-electron chi connectivity index (χ3n) is 4.52. The lowest BCUT2D eigenvalue weighted by molar-refractivity contribution is 0.202. The van der Waals surface area contributed by atoms with Crippen molar-refractivity contribution in [3.8, 4) is 0 Å². The highest BCUT2D eigenvalue weighted by Crippen LogP contribution is 2.34. The zero-order valence-corrected chi connectivity index (χ0v) is 14.4. The summed E-state index contributed by atoms with van der Waals surface area (Å²) >= 11 is 3.70. The predicted octanol–water partition coefficient (Wildman–Crippen LogP) is 2.73. The van der Waals surface area contributed by atoms with E-state index >= 15 is 0 Å². The highest BCUT2D eigenvalue weighted by Gasteiger charge is 2.35. The molecule has 2 saturated heterocycles. The molecule has 0 aliphatic carbocycles. The van der Waals surface area contributed by atoms with Gasteiger partial charge in [0.15, 0.2) is 0 Å². The lowest BCUT2D eigenvalue weighted by Gasteiger charge is -2.43. The molecule has 0 amide bonds. The lowest BCUT2D eigenvalue weighted by Crippen LogP contribution is -2.55. The largest absolute Gasteiger partial charge is 0.369 e. The van der Waals surface area contributed by atoms with Crippen LogP contribution >= 0.6 is 15.9 Å². The molecule has 2 aliphatic heterocycles. The first-order valence-electron chi connectivity index (χ1n) is 7.95. The van der Waals surface area contributed by atoms with Crippen molar-refractivity contribution in [2.24, 2.45) is 0 Å². The van der Waals surface area contributed by atoms with Crippen LogP contribution < -0.4 is 10.2 Å². The molecule has 2 fully saturated rings. The van der Waals surface area contributed by atoms with E-state index in [0.29, 0.717) is 12.1 Å². The maximum Gasteiger partial charge on any atom is 0.148 e.